The van der Waals surface area contributed by atoms with Crippen molar-refractivity contribution in [2.45, 2.75) is 25.4 Å². The number of thiophene rings is 1. The van der Waals surface area contributed by atoms with Crippen molar-refractivity contribution in [2.24, 2.45) is 10.4 Å². The summed E-state index contributed by atoms with van der Waals surface area (Å²) in [5, 5.41) is 16.5. The topological polar surface area (TPSA) is 77.0 Å². The quantitative estimate of drug-likeness (QED) is 0.339. The minimum Gasteiger partial charge on any atom is -0.386 e. The summed E-state index contributed by atoms with van der Waals surface area (Å²) in [4.78, 5) is 19.0. The summed E-state index contributed by atoms with van der Waals surface area (Å²) < 4.78 is 0.671. The van der Waals surface area contributed by atoms with Crippen LogP contribution in [0, 0.1) is 5.41 Å². The van der Waals surface area contributed by atoms with E-state index in [2.05, 4.69) is 20.5 Å². The molecule has 3 heterocycles. The fraction of sp³-hybridized carbons (Fsp3) is 0.625. The van der Waals surface area contributed by atoms with Crippen LogP contribution in [0.3, 0.4) is 0 Å². The van der Waals surface area contributed by atoms with Crippen LogP contribution in [0.25, 0.3) is 0 Å². The number of rotatable bonds is 3. The number of aliphatic hydroxyl groups excluding tert-OH is 1. The number of hydrogen-bond donors (Lipinski definition) is 3. The second kappa shape index (κ2) is 8.88. The average molecular weight is 499 g/mol. The van der Waals surface area contributed by atoms with Crippen LogP contribution in [0.5, 0.6) is 0 Å². The Labute approximate surface area is 174 Å². The Bertz CT molecular complexity index is 641. The summed E-state index contributed by atoms with van der Waals surface area (Å²) in [5.41, 5.74) is 0.0207. The van der Waals surface area contributed by atoms with Gasteiger partial charge in [-0.2, -0.15) is 0 Å². The summed E-state index contributed by atoms with van der Waals surface area (Å²) in [6.45, 7) is 2.85. The van der Waals surface area contributed by atoms with Gasteiger partial charge in [0.2, 0.25) is 5.91 Å². The highest BCUT2D eigenvalue weighted by molar-refractivity contribution is 14.0. The van der Waals surface area contributed by atoms with Gasteiger partial charge >= 0.3 is 0 Å². The van der Waals surface area contributed by atoms with Crippen LogP contribution in [0.1, 0.15) is 30.2 Å². The lowest BCUT2D eigenvalue weighted by Crippen LogP contribution is -2.51. The number of aliphatic imine (C=N–C) groups is 1. The van der Waals surface area contributed by atoms with Crippen LogP contribution in [-0.2, 0) is 4.79 Å². The number of nitrogens with one attached hydrogen (secondary N) is 2. The second-order valence-electron chi connectivity index (χ2n) is 6.56. The monoisotopic (exact) mass is 498 g/mol. The summed E-state index contributed by atoms with van der Waals surface area (Å²) >= 11 is 7.30. The van der Waals surface area contributed by atoms with Crippen molar-refractivity contribution in [2.75, 3.05) is 33.2 Å². The number of nitrogens with zero attached hydrogens (tertiary/aromatic N) is 2. The maximum atomic E-state index is 11.6. The lowest BCUT2D eigenvalue weighted by atomic mass is 9.79. The van der Waals surface area contributed by atoms with Crippen molar-refractivity contribution in [1.82, 2.24) is 15.5 Å². The summed E-state index contributed by atoms with van der Waals surface area (Å²) in [5.74, 6) is 0.917. The Balaban J connectivity index is 0.00000225. The SMILES string of the molecule is CN=C(NCC(O)c1ccc(Cl)s1)N1CCCC2(CNC(=O)C2)C1.I. The first-order valence-corrected chi connectivity index (χ1v) is 9.36. The number of halogens is 2. The molecule has 6 nitrogen and oxygen atoms in total. The zero-order valence-corrected chi connectivity index (χ0v) is 18.0. The molecule has 0 aliphatic carbocycles. The first-order valence-electron chi connectivity index (χ1n) is 8.17. The number of hydrogen-bond acceptors (Lipinski definition) is 4. The third kappa shape index (κ3) is 4.99. The van der Waals surface area contributed by atoms with E-state index in [1.165, 1.54) is 11.3 Å². The van der Waals surface area contributed by atoms with E-state index in [9.17, 15) is 9.90 Å². The molecular weight excluding hydrogens is 475 g/mol. The molecule has 2 unspecified atom stereocenters. The molecule has 1 aromatic rings. The van der Waals surface area contributed by atoms with E-state index in [1.54, 1.807) is 13.1 Å². The molecule has 0 saturated carbocycles. The van der Waals surface area contributed by atoms with Crippen molar-refractivity contribution in [3.8, 4) is 0 Å². The van der Waals surface area contributed by atoms with Crippen molar-refractivity contribution in [1.29, 1.82) is 0 Å². The molecule has 9 heteroatoms. The van der Waals surface area contributed by atoms with Gasteiger partial charge in [-0.1, -0.05) is 11.6 Å². The standard InChI is InChI=1S/C16H23ClN4O2S.HI/c1-18-15(19-8-11(22)12-3-4-13(17)24-12)21-6-2-5-16(10-21)7-14(23)20-9-16;/h3-4,11,22H,2,5-10H2,1H3,(H,18,19)(H,20,23);1H. The van der Waals surface area contributed by atoms with Gasteiger partial charge in [0.15, 0.2) is 5.96 Å². The summed E-state index contributed by atoms with van der Waals surface area (Å²) in [7, 11) is 1.75. The lowest BCUT2D eigenvalue weighted by molar-refractivity contribution is -0.119. The Morgan fingerprint density at radius 3 is 3.00 bits per heavy atom. The lowest BCUT2D eigenvalue weighted by Gasteiger charge is -2.40. The molecule has 3 N–H and O–H groups in total. The predicted molar refractivity (Wildman–Crippen MR) is 112 cm³/mol. The Hall–Kier alpha value is -0.580. The first kappa shape index (κ1) is 20.7. The van der Waals surface area contributed by atoms with E-state index in [0.29, 0.717) is 17.3 Å². The third-order valence-corrected chi connectivity index (χ3v) is 6.08. The normalized spacial score (nSPS) is 24.8. The van der Waals surface area contributed by atoms with E-state index in [4.69, 9.17) is 11.6 Å². The number of carbonyl (C=O) groups is 1. The van der Waals surface area contributed by atoms with Crippen molar-refractivity contribution in [3.05, 3.63) is 21.3 Å². The second-order valence-corrected chi connectivity index (χ2v) is 8.31. The van der Waals surface area contributed by atoms with Crippen molar-refractivity contribution in [3.63, 3.8) is 0 Å². The number of amides is 1. The Morgan fingerprint density at radius 1 is 1.60 bits per heavy atom. The van der Waals surface area contributed by atoms with E-state index < -0.39 is 6.10 Å². The fourth-order valence-electron chi connectivity index (χ4n) is 3.56. The molecule has 25 heavy (non-hydrogen) atoms. The number of carbonyl (C=O) groups excluding carboxylic acids is 1. The van der Waals surface area contributed by atoms with Gasteiger partial charge in [-0.05, 0) is 25.0 Å². The molecule has 1 amide bonds. The number of guanidine groups is 1. The molecule has 2 aliphatic rings. The smallest absolute Gasteiger partial charge is 0.220 e. The van der Waals surface area contributed by atoms with E-state index >= 15 is 0 Å². The van der Waals surface area contributed by atoms with Crippen LogP contribution >= 0.6 is 46.9 Å². The maximum Gasteiger partial charge on any atom is 0.220 e. The van der Waals surface area contributed by atoms with Crippen LogP contribution in [-0.4, -0.2) is 55.1 Å². The molecule has 0 bridgehead atoms. The van der Waals surface area contributed by atoms with Gasteiger partial charge in [0.25, 0.3) is 0 Å². The molecule has 1 aromatic heterocycles. The van der Waals surface area contributed by atoms with Gasteiger partial charge in [-0.25, -0.2) is 0 Å². The average Bonchev–Trinajstić information content (AvgIpc) is 3.14. The summed E-state index contributed by atoms with van der Waals surface area (Å²) in [6.07, 6.45) is 2.08. The van der Waals surface area contributed by atoms with Gasteiger partial charge in [-0.3, -0.25) is 9.79 Å². The van der Waals surface area contributed by atoms with E-state index in [1.807, 2.05) is 6.07 Å². The zero-order valence-electron chi connectivity index (χ0n) is 14.1. The molecule has 0 aromatic carbocycles. The molecule has 140 valence electrons. The van der Waals surface area contributed by atoms with Crippen LogP contribution in [0.4, 0.5) is 0 Å². The third-order valence-electron chi connectivity index (χ3n) is 4.74. The minimum absolute atomic E-state index is 0. The minimum atomic E-state index is -0.618. The molecule has 2 fully saturated rings. The Morgan fingerprint density at radius 2 is 2.40 bits per heavy atom. The number of piperidine rings is 1. The maximum absolute atomic E-state index is 11.6. The van der Waals surface area contributed by atoms with Gasteiger partial charge in [-0.15, -0.1) is 35.3 Å². The highest BCUT2D eigenvalue weighted by atomic mass is 127. The molecular formula is C16H24ClIN4O2S. The fourth-order valence-corrected chi connectivity index (χ4v) is 4.60. The largest absolute Gasteiger partial charge is 0.386 e. The van der Waals surface area contributed by atoms with Crippen LogP contribution in [0.2, 0.25) is 4.34 Å². The highest BCUT2D eigenvalue weighted by Gasteiger charge is 2.42. The summed E-state index contributed by atoms with van der Waals surface area (Å²) in [6, 6.07) is 3.63. The molecule has 2 aliphatic heterocycles. The number of aliphatic hydroxyl groups is 1. The van der Waals surface area contributed by atoms with Gasteiger partial charge < -0.3 is 20.6 Å². The Kier molecular flexibility index (Phi) is 7.36. The highest BCUT2D eigenvalue weighted by Crippen LogP contribution is 2.36. The van der Waals surface area contributed by atoms with Gasteiger partial charge in [0.1, 0.15) is 6.10 Å². The van der Waals surface area contributed by atoms with Gasteiger partial charge in [0, 0.05) is 49.9 Å². The number of likely N-dealkylation sites (tertiary alicyclic amines) is 1. The molecule has 3 rings (SSSR count). The van der Waals surface area contributed by atoms with E-state index in [-0.39, 0.29) is 35.3 Å². The first-order chi connectivity index (χ1) is 11.5. The van der Waals surface area contributed by atoms with E-state index in [0.717, 1.165) is 43.3 Å². The molecule has 2 saturated heterocycles. The van der Waals surface area contributed by atoms with Crippen molar-refractivity contribution < 1.29 is 9.90 Å². The van der Waals surface area contributed by atoms with Crippen LogP contribution < -0.4 is 10.6 Å². The molecule has 0 radical (unpaired) electrons. The molecule has 1 spiro atoms. The molecule has 2 atom stereocenters. The predicted octanol–water partition coefficient (Wildman–Crippen LogP) is 2.23. The van der Waals surface area contributed by atoms with Crippen molar-refractivity contribution >= 4 is 58.8 Å². The van der Waals surface area contributed by atoms with Gasteiger partial charge in [0.05, 0.1) is 4.34 Å². The van der Waals surface area contributed by atoms with Crippen LogP contribution in [0.15, 0.2) is 17.1 Å². The zero-order chi connectivity index (χ0) is 17.2.